The molecule has 1 aliphatic heterocycles. The van der Waals surface area contributed by atoms with Crippen molar-refractivity contribution in [2.75, 3.05) is 30.0 Å². The quantitative estimate of drug-likeness (QED) is 0.728. The van der Waals surface area contributed by atoms with Crippen molar-refractivity contribution in [3.63, 3.8) is 0 Å². The van der Waals surface area contributed by atoms with Crippen LogP contribution >= 0.6 is 0 Å². The molecule has 1 saturated heterocycles. The Labute approximate surface area is 169 Å². The lowest BCUT2D eigenvalue weighted by molar-refractivity contribution is -0.151. The first-order valence-corrected chi connectivity index (χ1v) is 9.52. The van der Waals surface area contributed by atoms with E-state index in [0.717, 1.165) is 11.3 Å². The zero-order valence-electron chi connectivity index (χ0n) is 16.5. The zero-order valence-corrected chi connectivity index (χ0v) is 16.5. The normalized spacial score (nSPS) is 15.9. The van der Waals surface area contributed by atoms with Gasteiger partial charge in [-0.3, -0.25) is 14.4 Å². The Morgan fingerprint density at radius 2 is 1.93 bits per heavy atom. The van der Waals surface area contributed by atoms with Gasteiger partial charge in [-0.1, -0.05) is 12.1 Å². The lowest BCUT2D eigenvalue weighted by atomic mass is 10.1. The van der Waals surface area contributed by atoms with E-state index in [4.69, 9.17) is 9.47 Å². The number of anilines is 2. The van der Waals surface area contributed by atoms with Gasteiger partial charge in [0, 0.05) is 24.3 Å². The number of carbonyl (C=O) groups is 3. The van der Waals surface area contributed by atoms with Crippen LogP contribution in [0.2, 0.25) is 0 Å². The number of hydrogen-bond acceptors (Lipinski definition) is 5. The molecular weight excluding hydrogens is 372 g/mol. The van der Waals surface area contributed by atoms with E-state index >= 15 is 0 Å². The first-order chi connectivity index (χ1) is 14.0. The summed E-state index contributed by atoms with van der Waals surface area (Å²) in [5, 5.41) is 2.68. The maximum Gasteiger partial charge on any atom is 0.311 e. The zero-order chi connectivity index (χ0) is 20.8. The third-order valence-electron chi connectivity index (χ3n) is 4.57. The van der Waals surface area contributed by atoms with E-state index in [1.807, 2.05) is 32.0 Å². The minimum absolute atomic E-state index is 0.0611. The van der Waals surface area contributed by atoms with Gasteiger partial charge in [-0.05, 0) is 55.8 Å². The van der Waals surface area contributed by atoms with Gasteiger partial charge in [0.05, 0.1) is 12.5 Å². The average molecular weight is 396 g/mol. The van der Waals surface area contributed by atoms with E-state index in [0.29, 0.717) is 18.0 Å². The summed E-state index contributed by atoms with van der Waals surface area (Å²) in [4.78, 5) is 38.2. The molecule has 2 aromatic rings. The van der Waals surface area contributed by atoms with Crippen molar-refractivity contribution < 1.29 is 23.9 Å². The van der Waals surface area contributed by atoms with Crippen LogP contribution in [0.4, 0.5) is 11.4 Å². The number of rotatable bonds is 7. The van der Waals surface area contributed by atoms with Crippen molar-refractivity contribution in [1.82, 2.24) is 0 Å². The van der Waals surface area contributed by atoms with Gasteiger partial charge >= 0.3 is 5.97 Å². The van der Waals surface area contributed by atoms with Crippen LogP contribution in [-0.4, -0.2) is 37.5 Å². The van der Waals surface area contributed by atoms with Gasteiger partial charge in [0.15, 0.2) is 6.61 Å². The molecule has 1 aliphatic rings. The van der Waals surface area contributed by atoms with Crippen molar-refractivity contribution in [1.29, 1.82) is 0 Å². The molecule has 1 N–H and O–H groups in total. The SMILES string of the molecule is CCOc1ccc(N2CC(C(=O)OCC(=O)Nc3cccc(C)c3)CC2=O)cc1. The maximum atomic E-state index is 12.3. The second kappa shape index (κ2) is 9.23. The number of nitrogens with one attached hydrogen (secondary N) is 1. The molecule has 0 bridgehead atoms. The summed E-state index contributed by atoms with van der Waals surface area (Å²) in [5.41, 5.74) is 2.35. The summed E-state index contributed by atoms with van der Waals surface area (Å²) >= 11 is 0. The molecule has 2 aromatic carbocycles. The van der Waals surface area contributed by atoms with Crippen LogP contribution in [0, 0.1) is 12.8 Å². The molecule has 29 heavy (non-hydrogen) atoms. The molecule has 0 spiro atoms. The van der Waals surface area contributed by atoms with Gasteiger partial charge in [-0.15, -0.1) is 0 Å². The molecule has 3 rings (SSSR count). The van der Waals surface area contributed by atoms with E-state index < -0.39 is 17.8 Å². The van der Waals surface area contributed by atoms with E-state index in [1.54, 1.807) is 35.2 Å². The average Bonchev–Trinajstić information content (AvgIpc) is 3.09. The first kappa shape index (κ1) is 20.4. The second-order valence-corrected chi connectivity index (χ2v) is 6.86. The van der Waals surface area contributed by atoms with Crippen molar-refractivity contribution >= 4 is 29.2 Å². The molecule has 1 unspecified atom stereocenters. The van der Waals surface area contributed by atoms with Gasteiger partial charge in [0.2, 0.25) is 5.91 Å². The molecule has 7 heteroatoms. The minimum Gasteiger partial charge on any atom is -0.494 e. The Bertz CT molecular complexity index is 894. The van der Waals surface area contributed by atoms with Crippen LogP contribution in [0.5, 0.6) is 5.75 Å². The molecule has 1 fully saturated rings. The number of carbonyl (C=O) groups excluding carboxylic acids is 3. The Morgan fingerprint density at radius 1 is 1.17 bits per heavy atom. The maximum absolute atomic E-state index is 12.3. The van der Waals surface area contributed by atoms with E-state index in [1.165, 1.54) is 0 Å². The van der Waals surface area contributed by atoms with Crippen molar-refractivity contribution in [2.45, 2.75) is 20.3 Å². The van der Waals surface area contributed by atoms with Gasteiger partial charge in [-0.2, -0.15) is 0 Å². The third kappa shape index (κ3) is 5.34. The van der Waals surface area contributed by atoms with Crippen LogP contribution in [0.3, 0.4) is 0 Å². The highest BCUT2D eigenvalue weighted by molar-refractivity contribution is 6.00. The van der Waals surface area contributed by atoms with E-state index in [-0.39, 0.29) is 25.5 Å². The molecule has 1 heterocycles. The topological polar surface area (TPSA) is 84.9 Å². The Hall–Kier alpha value is -3.35. The lowest BCUT2D eigenvalue weighted by Gasteiger charge is -2.17. The van der Waals surface area contributed by atoms with Crippen molar-refractivity contribution in [3.05, 3.63) is 54.1 Å². The smallest absolute Gasteiger partial charge is 0.311 e. The van der Waals surface area contributed by atoms with Crippen molar-refractivity contribution in [3.8, 4) is 5.75 Å². The second-order valence-electron chi connectivity index (χ2n) is 6.86. The fraction of sp³-hybridized carbons (Fsp3) is 0.318. The van der Waals surface area contributed by atoms with Crippen molar-refractivity contribution in [2.24, 2.45) is 5.92 Å². The monoisotopic (exact) mass is 396 g/mol. The first-order valence-electron chi connectivity index (χ1n) is 9.52. The molecule has 0 aromatic heterocycles. The van der Waals surface area contributed by atoms with E-state index in [9.17, 15) is 14.4 Å². The van der Waals surface area contributed by atoms with Gasteiger partial charge in [0.1, 0.15) is 5.75 Å². The number of nitrogens with zero attached hydrogens (tertiary/aromatic N) is 1. The lowest BCUT2D eigenvalue weighted by Crippen LogP contribution is -2.28. The van der Waals surface area contributed by atoms with Crippen LogP contribution in [0.15, 0.2) is 48.5 Å². The van der Waals surface area contributed by atoms with Gasteiger partial charge in [-0.25, -0.2) is 0 Å². The molecule has 0 saturated carbocycles. The van der Waals surface area contributed by atoms with Crippen LogP contribution in [0.1, 0.15) is 18.9 Å². The molecule has 0 aliphatic carbocycles. The number of esters is 1. The van der Waals surface area contributed by atoms with E-state index in [2.05, 4.69) is 5.32 Å². The minimum atomic E-state index is -0.596. The van der Waals surface area contributed by atoms with Crippen LogP contribution in [-0.2, 0) is 19.1 Å². The van der Waals surface area contributed by atoms with Gasteiger partial charge in [0.25, 0.3) is 5.91 Å². The summed E-state index contributed by atoms with van der Waals surface area (Å²) in [7, 11) is 0. The third-order valence-corrected chi connectivity index (χ3v) is 4.57. The molecule has 2 amide bonds. The highest BCUT2D eigenvalue weighted by Crippen LogP contribution is 2.27. The number of amides is 2. The molecule has 7 nitrogen and oxygen atoms in total. The summed E-state index contributed by atoms with van der Waals surface area (Å²) < 4.78 is 10.5. The predicted molar refractivity (Wildman–Crippen MR) is 109 cm³/mol. The summed E-state index contributed by atoms with van der Waals surface area (Å²) in [6, 6.07) is 14.5. The highest BCUT2D eigenvalue weighted by Gasteiger charge is 2.36. The number of ether oxygens (including phenoxy) is 2. The molecule has 152 valence electrons. The highest BCUT2D eigenvalue weighted by atomic mass is 16.5. The number of aryl methyl sites for hydroxylation is 1. The molecule has 0 radical (unpaired) electrons. The fourth-order valence-electron chi connectivity index (χ4n) is 3.18. The summed E-state index contributed by atoms with van der Waals surface area (Å²) in [6.07, 6.45) is 0.0611. The largest absolute Gasteiger partial charge is 0.494 e. The Balaban J connectivity index is 1.51. The summed E-state index contributed by atoms with van der Waals surface area (Å²) in [6.45, 7) is 4.22. The Morgan fingerprint density at radius 3 is 2.62 bits per heavy atom. The molecular formula is C22H24N2O5. The number of hydrogen-bond donors (Lipinski definition) is 1. The number of benzene rings is 2. The molecule has 1 atom stereocenters. The van der Waals surface area contributed by atoms with Crippen LogP contribution < -0.4 is 15.0 Å². The standard InChI is InChI=1S/C22H24N2O5/c1-3-28-19-9-7-18(8-10-19)24-13-16(12-21(24)26)22(27)29-14-20(25)23-17-6-4-5-15(2)11-17/h4-11,16H,3,12-14H2,1-2H3,(H,23,25). The van der Waals surface area contributed by atoms with Crippen LogP contribution in [0.25, 0.3) is 0 Å². The summed E-state index contributed by atoms with van der Waals surface area (Å²) in [5.74, 6) is -0.998. The van der Waals surface area contributed by atoms with Gasteiger partial charge < -0.3 is 19.7 Å². The Kier molecular flexibility index (Phi) is 6.49. The fourth-order valence-corrected chi connectivity index (χ4v) is 3.18. The predicted octanol–water partition coefficient (Wildman–Crippen LogP) is 2.93.